The van der Waals surface area contributed by atoms with Gasteiger partial charge in [0, 0.05) is 12.7 Å². The van der Waals surface area contributed by atoms with E-state index < -0.39 is 5.60 Å². The average Bonchev–Trinajstić information content (AvgIpc) is 2.52. The topological polar surface area (TPSA) is 60.5 Å². The van der Waals surface area contributed by atoms with E-state index in [4.69, 9.17) is 9.47 Å². The Hall–Kier alpha value is -1.62. The second kappa shape index (κ2) is 8.73. The van der Waals surface area contributed by atoms with Gasteiger partial charge in [-0.1, -0.05) is 26.7 Å². The number of methoxy groups -OCH3 is 1. The normalized spacial score (nSPS) is 13.5. The van der Waals surface area contributed by atoms with Crippen LogP contribution >= 0.6 is 0 Å². The number of nitrogens with one attached hydrogen (secondary N) is 1. The minimum Gasteiger partial charge on any atom is -0.481 e. The number of unbranched alkanes of at least 4 members (excludes halogenated alkanes) is 1. The number of pyridine rings is 1. The molecule has 0 bridgehead atoms. The molecule has 1 heterocycles. The number of hydrogen-bond donors (Lipinski definition) is 1. The van der Waals surface area contributed by atoms with Crippen molar-refractivity contribution in [2.75, 3.05) is 19.0 Å². The smallest absolute Gasteiger partial charge is 0.256 e. The van der Waals surface area contributed by atoms with Gasteiger partial charge in [0.05, 0.1) is 18.5 Å². The molecule has 1 unspecified atom stereocenters. The summed E-state index contributed by atoms with van der Waals surface area (Å²) in [4.78, 5) is 16.9. The number of aryl methyl sites for hydroxylation is 1. The molecule has 0 saturated heterocycles. The van der Waals surface area contributed by atoms with Crippen molar-refractivity contribution in [3.63, 3.8) is 0 Å². The van der Waals surface area contributed by atoms with Crippen molar-refractivity contribution >= 4 is 11.6 Å². The summed E-state index contributed by atoms with van der Waals surface area (Å²) in [5, 5.41) is 2.94. The van der Waals surface area contributed by atoms with Crippen LogP contribution in [0.15, 0.2) is 12.1 Å². The van der Waals surface area contributed by atoms with E-state index in [9.17, 15) is 4.79 Å². The molecule has 0 saturated carbocycles. The quantitative estimate of drug-likeness (QED) is 0.755. The van der Waals surface area contributed by atoms with Gasteiger partial charge in [-0.2, -0.15) is 0 Å². The van der Waals surface area contributed by atoms with Crippen LogP contribution < -0.4 is 10.1 Å². The lowest BCUT2D eigenvalue weighted by Crippen LogP contribution is -2.43. The van der Waals surface area contributed by atoms with Crippen LogP contribution in [-0.4, -0.2) is 30.2 Å². The molecule has 1 amide bonds. The van der Waals surface area contributed by atoms with E-state index in [1.807, 2.05) is 20.8 Å². The molecule has 1 aromatic rings. The zero-order valence-corrected chi connectivity index (χ0v) is 14.4. The van der Waals surface area contributed by atoms with Gasteiger partial charge < -0.3 is 14.8 Å². The maximum atomic E-state index is 12.7. The minimum absolute atomic E-state index is 0.121. The number of carbonyl (C=O) groups is 1. The van der Waals surface area contributed by atoms with Crippen molar-refractivity contribution < 1.29 is 14.3 Å². The van der Waals surface area contributed by atoms with Gasteiger partial charge >= 0.3 is 0 Å². The molecule has 5 nitrogen and oxygen atoms in total. The van der Waals surface area contributed by atoms with E-state index in [1.165, 1.54) is 0 Å². The molecule has 1 N–H and O–H groups in total. The van der Waals surface area contributed by atoms with Crippen LogP contribution in [0, 0.1) is 6.92 Å². The van der Waals surface area contributed by atoms with Crippen molar-refractivity contribution in [1.29, 1.82) is 0 Å². The van der Waals surface area contributed by atoms with Gasteiger partial charge in [-0.3, -0.25) is 4.79 Å². The summed E-state index contributed by atoms with van der Waals surface area (Å²) in [6.07, 6.45) is 3.57. The second-order valence-corrected chi connectivity index (χ2v) is 5.62. The maximum absolute atomic E-state index is 12.7. The molecule has 0 radical (unpaired) electrons. The molecule has 22 heavy (non-hydrogen) atoms. The molecule has 1 atom stereocenters. The molecule has 5 heteroatoms. The fraction of sp³-hybridized carbons (Fsp3) is 0.647. The first-order chi connectivity index (χ1) is 10.5. The Morgan fingerprint density at radius 1 is 1.32 bits per heavy atom. The highest BCUT2D eigenvalue weighted by atomic mass is 16.5. The number of ether oxygens (including phenoxy) is 2. The van der Waals surface area contributed by atoms with Crippen LogP contribution in [0.3, 0.4) is 0 Å². The van der Waals surface area contributed by atoms with E-state index in [2.05, 4.69) is 17.2 Å². The van der Waals surface area contributed by atoms with Crippen molar-refractivity contribution in [2.24, 2.45) is 0 Å². The van der Waals surface area contributed by atoms with E-state index in [-0.39, 0.29) is 5.91 Å². The minimum atomic E-state index is -0.807. The van der Waals surface area contributed by atoms with Gasteiger partial charge in [0.2, 0.25) is 5.88 Å². The number of rotatable bonds is 9. The van der Waals surface area contributed by atoms with E-state index >= 15 is 0 Å². The molecule has 124 valence electrons. The Kier molecular flexibility index (Phi) is 7.32. The molecule has 0 aromatic carbocycles. The lowest BCUT2D eigenvalue weighted by molar-refractivity contribution is -0.140. The SMILES string of the molecule is CCCCC(C)(OCCC)C(=O)Nc1ccc(OC)nc1C. The Balaban J connectivity index is 2.85. The van der Waals surface area contributed by atoms with E-state index in [1.54, 1.807) is 19.2 Å². The summed E-state index contributed by atoms with van der Waals surface area (Å²) in [6, 6.07) is 3.54. The van der Waals surface area contributed by atoms with Crippen LogP contribution in [0.2, 0.25) is 0 Å². The van der Waals surface area contributed by atoms with Gasteiger partial charge in [-0.25, -0.2) is 4.98 Å². The summed E-state index contributed by atoms with van der Waals surface area (Å²) >= 11 is 0. The van der Waals surface area contributed by atoms with Gasteiger partial charge in [0.15, 0.2) is 0 Å². The van der Waals surface area contributed by atoms with Crippen molar-refractivity contribution in [2.45, 2.75) is 59.0 Å². The number of carbonyl (C=O) groups excluding carboxylic acids is 1. The third-order valence-corrected chi connectivity index (χ3v) is 3.63. The zero-order chi connectivity index (χ0) is 16.6. The Bertz CT molecular complexity index is 481. The van der Waals surface area contributed by atoms with Gasteiger partial charge in [0.25, 0.3) is 5.91 Å². The first-order valence-electron chi connectivity index (χ1n) is 7.93. The third-order valence-electron chi connectivity index (χ3n) is 3.63. The summed E-state index contributed by atoms with van der Waals surface area (Å²) in [5.41, 5.74) is 0.605. The highest BCUT2D eigenvalue weighted by molar-refractivity contribution is 5.97. The van der Waals surface area contributed by atoms with Gasteiger partial charge in [-0.15, -0.1) is 0 Å². The molecule has 1 aromatic heterocycles. The molecular weight excluding hydrogens is 280 g/mol. The fourth-order valence-electron chi connectivity index (χ4n) is 2.13. The second-order valence-electron chi connectivity index (χ2n) is 5.62. The molecule has 0 spiro atoms. The summed E-state index contributed by atoms with van der Waals surface area (Å²) in [5.74, 6) is 0.413. The molecule has 0 aliphatic rings. The van der Waals surface area contributed by atoms with E-state index in [0.717, 1.165) is 25.0 Å². The third kappa shape index (κ3) is 4.98. The fourth-order valence-corrected chi connectivity index (χ4v) is 2.13. The van der Waals surface area contributed by atoms with Crippen LogP contribution in [0.5, 0.6) is 5.88 Å². The monoisotopic (exact) mass is 308 g/mol. The zero-order valence-electron chi connectivity index (χ0n) is 14.4. The summed E-state index contributed by atoms with van der Waals surface area (Å²) in [6.45, 7) is 8.42. The lowest BCUT2D eigenvalue weighted by Gasteiger charge is -2.29. The molecule has 0 fully saturated rings. The first-order valence-corrected chi connectivity index (χ1v) is 7.93. The van der Waals surface area contributed by atoms with Crippen molar-refractivity contribution in [3.8, 4) is 5.88 Å². The highest BCUT2D eigenvalue weighted by Crippen LogP contribution is 2.24. The van der Waals surface area contributed by atoms with Crippen LogP contribution in [0.1, 0.15) is 52.1 Å². The molecular formula is C17H28N2O3. The van der Waals surface area contributed by atoms with E-state index in [0.29, 0.717) is 24.6 Å². The van der Waals surface area contributed by atoms with Crippen LogP contribution in [-0.2, 0) is 9.53 Å². The number of amides is 1. The largest absolute Gasteiger partial charge is 0.481 e. The first kappa shape index (κ1) is 18.4. The van der Waals surface area contributed by atoms with Crippen LogP contribution in [0.4, 0.5) is 5.69 Å². The number of aromatic nitrogens is 1. The summed E-state index contributed by atoms with van der Waals surface area (Å²) < 4.78 is 10.9. The Labute approximate surface area is 133 Å². The number of anilines is 1. The Morgan fingerprint density at radius 2 is 2.05 bits per heavy atom. The predicted octanol–water partition coefficient (Wildman–Crippen LogP) is 3.71. The molecule has 1 rings (SSSR count). The molecule has 0 aliphatic carbocycles. The maximum Gasteiger partial charge on any atom is 0.256 e. The summed E-state index contributed by atoms with van der Waals surface area (Å²) in [7, 11) is 1.57. The average molecular weight is 308 g/mol. The number of hydrogen-bond acceptors (Lipinski definition) is 4. The predicted molar refractivity (Wildman–Crippen MR) is 88.3 cm³/mol. The number of nitrogens with zero attached hydrogens (tertiary/aromatic N) is 1. The standard InChI is InChI=1S/C17H28N2O3/c1-6-8-11-17(4,22-12-7-2)16(20)19-14-9-10-15(21-5)18-13(14)3/h9-10H,6-8,11-12H2,1-5H3,(H,19,20). The Morgan fingerprint density at radius 3 is 2.59 bits per heavy atom. The molecule has 0 aliphatic heterocycles. The van der Waals surface area contributed by atoms with Gasteiger partial charge in [0.1, 0.15) is 5.60 Å². The highest BCUT2D eigenvalue weighted by Gasteiger charge is 2.33. The van der Waals surface area contributed by atoms with Gasteiger partial charge in [-0.05, 0) is 32.8 Å². The van der Waals surface area contributed by atoms with Crippen molar-refractivity contribution in [1.82, 2.24) is 4.98 Å². The van der Waals surface area contributed by atoms with Crippen molar-refractivity contribution in [3.05, 3.63) is 17.8 Å². The van der Waals surface area contributed by atoms with Crippen LogP contribution in [0.25, 0.3) is 0 Å². The lowest BCUT2D eigenvalue weighted by atomic mass is 9.97.